The van der Waals surface area contributed by atoms with Gasteiger partial charge in [-0.3, -0.25) is 0 Å². The summed E-state index contributed by atoms with van der Waals surface area (Å²) >= 11 is 3.37. The van der Waals surface area contributed by atoms with Crippen LogP contribution in [-0.2, 0) is 13.1 Å². The van der Waals surface area contributed by atoms with Gasteiger partial charge in [-0.1, -0.05) is 40.2 Å². The highest BCUT2D eigenvalue weighted by molar-refractivity contribution is 9.10. The van der Waals surface area contributed by atoms with E-state index in [9.17, 15) is 9.18 Å². The summed E-state index contributed by atoms with van der Waals surface area (Å²) < 4.78 is 13.9. The minimum absolute atomic E-state index is 0.283. The van der Waals surface area contributed by atoms with Crippen LogP contribution >= 0.6 is 15.9 Å². The van der Waals surface area contributed by atoms with E-state index in [-0.39, 0.29) is 11.8 Å². The lowest BCUT2D eigenvalue weighted by molar-refractivity contribution is 0.240. The van der Waals surface area contributed by atoms with Crippen molar-refractivity contribution in [2.75, 3.05) is 0 Å². The lowest BCUT2D eigenvalue weighted by Crippen LogP contribution is -2.34. The first-order valence-electron chi connectivity index (χ1n) is 6.14. The summed E-state index contributed by atoms with van der Waals surface area (Å²) in [6, 6.07) is 13.6. The van der Waals surface area contributed by atoms with Gasteiger partial charge in [0, 0.05) is 17.6 Å². The monoisotopic (exact) mass is 336 g/mol. The molecule has 0 fully saturated rings. The molecule has 104 valence electrons. The minimum Gasteiger partial charge on any atom is -0.334 e. The molecule has 0 spiro atoms. The van der Waals surface area contributed by atoms with Gasteiger partial charge in [0.25, 0.3) is 0 Å². The van der Waals surface area contributed by atoms with Crippen LogP contribution in [0.3, 0.4) is 0 Å². The zero-order chi connectivity index (χ0) is 14.4. The van der Waals surface area contributed by atoms with Crippen LogP contribution in [-0.4, -0.2) is 6.03 Å². The van der Waals surface area contributed by atoms with Gasteiger partial charge in [-0.2, -0.15) is 0 Å². The van der Waals surface area contributed by atoms with Gasteiger partial charge in [0.1, 0.15) is 5.82 Å². The second kappa shape index (κ2) is 7.05. The summed E-state index contributed by atoms with van der Waals surface area (Å²) in [7, 11) is 0. The average Bonchev–Trinajstić information content (AvgIpc) is 2.43. The molecule has 2 rings (SSSR count). The van der Waals surface area contributed by atoms with Gasteiger partial charge in [0.2, 0.25) is 0 Å². The van der Waals surface area contributed by atoms with Crippen LogP contribution in [0.5, 0.6) is 0 Å². The fraction of sp³-hybridized carbons (Fsp3) is 0.133. The molecule has 0 heterocycles. The standard InChI is InChI=1S/C15H14BrFN2O/c16-13-5-1-3-11(7-13)9-18-15(20)19-10-12-4-2-6-14(17)8-12/h1-8H,9-10H2,(H2,18,19,20). The van der Waals surface area contributed by atoms with E-state index in [1.54, 1.807) is 12.1 Å². The third kappa shape index (κ3) is 4.66. The van der Waals surface area contributed by atoms with E-state index in [1.807, 2.05) is 24.3 Å². The van der Waals surface area contributed by atoms with Crippen LogP contribution in [0.1, 0.15) is 11.1 Å². The molecule has 0 bridgehead atoms. The van der Waals surface area contributed by atoms with Crippen LogP contribution in [0.25, 0.3) is 0 Å². The first-order valence-corrected chi connectivity index (χ1v) is 6.93. The highest BCUT2D eigenvalue weighted by Crippen LogP contribution is 2.11. The van der Waals surface area contributed by atoms with Gasteiger partial charge in [-0.25, -0.2) is 9.18 Å². The second-order valence-corrected chi connectivity index (χ2v) is 5.21. The van der Waals surface area contributed by atoms with E-state index in [0.717, 1.165) is 15.6 Å². The Morgan fingerprint density at radius 3 is 2.20 bits per heavy atom. The zero-order valence-electron chi connectivity index (χ0n) is 10.7. The summed E-state index contributed by atoms with van der Waals surface area (Å²) in [5.41, 5.74) is 1.72. The van der Waals surface area contributed by atoms with Gasteiger partial charge >= 0.3 is 6.03 Å². The van der Waals surface area contributed by atoms with E-state index in [2.05, 4.69) is 26.6 Å². The maximum Gasteiger partial charge on any atom is 0.315 e. The molecular weight excluding hydrogens is 323 g/mol. The van der Waals surface area contributed by atoms with Crippen molar-refractivity contribution in [2.45, 2.75) is 13.1 Å². The smallest absolute Gasteiger partial charge is 0.315 e. The molecule has 2 N–H and O–H groups in total. The summed E-state index contributed by atoms with van der Waals surface area (Å²) in [5.74, 6) is -0.307. The number of carbonyl (C=O) groups is 1. The number of hydrogen-bond donors (Lipinski definition) is 2. The van der Waals surface area contributed by atoms with Crippen molar-refractivity contribution in [2.24, 2.45) is 0 Å². The van der Waals surface area contributed by atoms with Crippen LogP contribution < -0.4 is 10.6 Å². The van der Waals surface area contributed by atoms with E-state index in [4.69, 9.17) is 0 Å². The van der Waals surface area contributed by atoms with Crippen LogP contribution in [0.2, 0.25) is 0 Å². The third-order valence-electron chi connectivity index (χ3n) is 2.68. The quantitative estimate of drug-likeness (QED) is 0.880. The molecule has 2 aromatic rings. The molecular formula is C15H14BrFN2O. The maximum absolute atomic E-state index is 13.0. The molecule has 0 aliphatic rings. The predicted octanol–water partition coefficient (Wildman–Crippen LogP) is 3.59. The molecule has 0 saturated heterocycles. The van der Waals surface area contributed by atoms with Gasteiger partial charge in [-0.05, 0) is 35.4 Å². The Kier molecular flexibility index (Phi) is 5.12. The Morgan fingerprint density at radius 1 is 1.00 bits per heavy atom. The Bertz CT molecular complexity index is 552. The average molecular weight is 337 g/mol. The fourth-order valence-corrected chi connectivity index (χ4v) is 2.17. The van der Waals surface area contributed by atoms with Crippen molar-refractivity contribution >= 4 is 22.0 Å². The molecule has 0 radical (unpaired) electrons. The molecule has 0 aliphatic carbocycles. The van der Waals surface area contributed by atoms with Crippen molar-refractivity contribution in [3.8, 4) is 0 Å². The molecule has 5 heteroatoms. The molecule has 0 aliphatic heterocycles. The van der Waals surface area contributed by atoms with Gasteiger partial charge in [-0.15, -0.1) is 0 Å². The summed E-state index contributed by atoms with van der Waals surface area (Å²) in [5, 5.41) is 5.43. The molecule has 0 saturated carbocycles. The molecule has 0 aromatic heterocycles. The largest absolute Gasteiger partial charge is 0.334 e. The Hall–Kier alpha value is -1.88. The fourth-order valence-electron chi connectivity index (χ4n) is 1.72. The number of nitrogens with one attached hydrogen (secondary N) is 2. The number of amides is 2. The first kappa shape index (κ1) is 14.5. The molecule has 0 atom stereocenters. The second-order valence-electron chi connectivity index (χ2n) is 4.30. The van der Waals surface area contributed by atoms with Gasteiger partial charge < -0.3 is 10.6 Å². The Balaban J connectivity index is 1.78. The molecule has 2 aromatic carbocycles. The molecule has 0 unspecified atom stereocenters. The number of benzene rings is 2. The van der Waals surface area contributed by atoms with Crippen LogP contribution in [0, 0.1) is 5.82 Å². The number of rotatable bonds is 4. The maximum atomic E-state index is 13.0. The van der Waals surface area contributed by atoms with E-state index < -0.39 is 0 Å². The predicted molar refractivity (Wildman–Crippen MR) is 79.6 cm³/mol. The van der Waals surface area contributed by atoms with E-state index in [0.29, 0.717) is 13.1 Å². The lowest BCUT2D eigenvalue weighted by Gasteiger charge is -2.08. The highest BCUT2D eigenvalue weighted by atomic mass is 79.9. The molecule has 20 heavy (non-hydrogen) atoms. The molecule has 2 amide bonds. The van der Waals surface area contributed by atoms with Crippen molar-refractivity contribution in [1.82, 2.24) is 10.6 Å². The number of urea groups is 1. The van der Waals surface area contributed by atoms with Crippen molar-refractivity contribution < 1.29 is 9.18 Å². The normalized spacial score (nSPS) is 10.1. The van der Waals surface area contributed by atoms with Crippen LogP contribution in [0.4, 0.5) is 9.18 Å². The van der Waals surface area contributed by atoms with Gasteiger partial charge in [0.05, 0.1) is 0 Å². The minimum atomic E-state index is -0.307. The van der Waals surface area contributed by atoms with Crippen LogP contribution in [0.15, 0.2) is 53.0 Å². The molecule has 3 nitrogen and oxygen atoms in total. The SMILES string of the molecule is O=C(NCc1cccc(F)c1)NCc1cccc(Br)c1. The van der Waals surface area contributed by atoms with E-state index >= 15 is 0 Å². The number of carbonyl (C=O) groups excluding carboxylic acids is 1. The third-order valence-corrected chi connectivity index (χ3v) is 3.18. The van der Waals surface area contributed by atoms with Crippen molar-refractivity contribution in [1.29, 1.82) is 0 Å². The summed E-state index contributed by atoms with van der Waals surface area (Å²) in [6.07, 6.45) is 0. The summed E-state index contributed by atoms with van der Waals surface area (Å²) in [6.45, 7) is 0.733. The topological polar surface area (TPSA) is 41.1 Å². The Labute approximate surface area is 125 Å². The lowest BCUT2D eigenvalue weighted by atomic mass is 10.2. The zero-order valence-corrected chi connectivity index (χ0v) is 12.3. The number of hydrogen-bond acceptors (Lipinski definition) is 1. The van der Waals surface area contributed by atoms with Crippen molar-refractivity contribution in [3.63, 3.8) is 0 Å². The first-order chi connectivity index (χ1) is 9.63. The van der Waals surface area contributed by atoms with E-state index in [1.165, 1.54) is 12.1 Å². The van der Waals surface area contributed by atoms with Gasteiger partial charge in [0.15, 0.2) is 0 Å². The highest BCUT2D eigenvalue weighted by Gasteiger charge is 2.01. The number of halogens is 2. The van der Waals surface area contributed by atoms with Crippen molar-refractivity contribution in [3.05, 3.63) is 69.9 Å². The summed E-state index contributed by atoms with van der Waals surface area (Å²) in [4.78, 5) is 11.6. The Morgan fingerprint density at radius 2 is 1.60 bits per heavy atom.